The Hall–Kier alpha value is -2.21. The number of hydrogen-bond acceptors (Lipinski definition) is 5. The van der Waals surface area contributed by atoms with Gasteiger partial charge >= 0.3 is 0 Å². The zero-order valence-corrected chi connectivity index (χ0v) is 16.8. The standard InChI is InChI=1S/C21H33N5O/c1-4-10-26(18-8-9-23-19(14-18)22-3)20-16(2)13-17(15-24-20)21(27)25-11-6-5-7-12-25/h8-9,13-14,19,22-24H,4-7,10-12,15H2,1-3H3. The van der Waals surface area contributed by atoms with Gasteiger partial charge in [-0.3, -0.25) is 10.1 Å². The Kier molecular flexibility index (Phi) is 6.61. The molecule has 0 radical (unpaired) electrons. The molecule has 6 nitrogen and oxygen atoms in total. The van der Waals surface area contributed by atoms with E-state index in [1.807, 2.05) is 18.1 Å². The molecule has 3 heterocycles. The highest BCUT2D eigenvalue weighted by Gasteiger charge is 2.25. The molecule has 3 rings (SSSR count). The fraction of sp³-hybridized carbons (Fsp3) is 0.571. The Bertz CT molecular complexity index is 670. The fourth-order valence-electron chi connectivity index (χ4n) is 3.90. The van der Waals surface area contributed by atoms with E-state index in [9.17, 15) is 4.79 Å². The van der Waals surface area contributed by atoms with Crippen molar-refractivity contribution in [3.05, 3.63) is 47.1 Å². The molecule has 0 aromatic rings. The average Bonchev–Trinajstić information content (AvgIpc) is 2.72. The summed E-state index contributed by atoms with van der Waals surface area (Å²) in [6, 6.07) is 0. The number of likely N-dealkylation sites (tertiary alicyclic amines) is 1. The summed E-state index contributed by atoms with van der Waals surface area (Å²) >= 11 is 0. The number of dihydropyridines is 2. The van der Waals surface area contributed by atoms with Crippen molar-refractivity contribution in [3.63, 3.8) is 0 Å². The molecule has 6 heteroatoms. The third kappa shape index (κ3) is 4.56. The number of nitrogens with zero attached hydrogens (tertiary/aromatic N) is 2. The molecule has 3 aliphatic heterocycles. The number of carbonyl (C=O) groups excluding carboxylic acids is 1. The molecule has 3 aliphatic rings. The van der Waals surface area contributed by atoms with Crippen LogP contribution in [0.2, 0.25) is 0 Å². The van der Waals surface area contributed by atoms with Gasteiger partial charge in [0.05, 0.1) is 6.17 Å². The number of amides is 1. The first-order valence-electron chi connectivity index (χ1n) is 10.2. The molecule has 27 heavy (non-hydrogen) atoms. The lowest BCUT2D eigenvalue weighted by atomic mass is 10.0. The number of allylic oxidation sites excluding steroid dienone is 3. The number of likely N-dealkylation sites (N-methyl/N-ethyl adjacent to an activating group) is 1. The van der Waals surface area contributed by atoms with Gasteiger partial charge in [-0.2, -0.15) is 0 Å². The van der Waals surface area contributed by atoms with Crippen LogP contribution in [0.15, 0.2) is 47.1 Å². The van der Waals surface area contributed by atoms with Gasteiger partial charge in [-0.25, -0.2) is 0 Å². The quantitative estimate of drug-likeness (QED) is 0.667. The molecule has 1 unspecified atom stereocenters. The van der Waals surface area contributed by atoms with E-state index in [1.165, 1.54) is 6.42 Å². The monoisotopic (exact) mass is 371 g/mol. The van der Waals surface area contributed by atoms with Crippen LogP contribution < -0.4 is 16.0 Å². The van der Waals surface area contributed by atoms with Gasteiger partial charge < -0.3 is 20.4 Å². The average molecular weight is 372 g/mol. The van der Waals surface area contributed by atoms with Crippen molar-refractivity contribution in [1.29, 1.82) is 0 Å². The van der Waals surface area contributed by atoms with Crippen LogP contribution >= 0.6 is 0 Å². The zero-order valence-electron chi connectivity index (χ0n) is 16.8. The fourth-order valence-corrected chi connectivity index (χ4v) is 3.90. The summed E-state index contributed by atoms with van der Waals surface area (Å²) in [6.45, 7) is 7.58. The molecule has 0 aromatic heterocycles. The van der Waals surface area contributed by atoms with E-state index in [0.29, 0.717) is 6.54 Å². The molecule has 0 bridgehead atoms. The highest BCUT2D eigenvalue weighted by atomic mass is 16.2. The summed E-state index contributed by atoms with van der Waals surface area (Å²) < 4.78 is 0. The molecule has 1 fully saturated rings. The molecular formula is C21H33N5O. The molecule has 1 saturated heterocycles. The first-order chi connectivity index (χ1) is 13.1. The van der Waals surface area contributed by atoms with E-state index in [1.54, 1.807) is 0 Å². The van der Waals surface area contributed by atoms with Crippen LogP contribution in [0.5, 0.6) is 0 Å². The van der Waals surface area contributed by atoms with Gasteiger partial charge in [0.15, 0.2) is 0 Å². The van der Waals surface area contributed by atoms with Crippen LogP contribution in [0.4, 0.5) is 0 Å². The molecule has 0 aromatic carbocycles. The Morgan fingerprint density at radius 2 is 2.11 bits per heavy atom. The van der Waals surface area contributed by atoms with Crippen LogP contribution in [0.3, 0.4) is 0 Å². The summed E-state index contributed by atoms with van der Waals surface area (Å²) in [5.74, 6) is 1.29. The van der Waals surface area contributed by atoms with Gasteiger partial charge in [0.25, 0.3) is 5.91 Å². The normalized spacial score (nSPS) is 22.6. The topological polar surface area (TPSA) is 59.6 Å². The minimum Gasteiger partial charge on any atom is -0.372 e. The van der Waals surface area contributed by atoms with Gasteiger partial charge in [-0.1, -0.05) is 6.92 Å². The Balaban J connectivity index is 1.81. The van der Waals surface area contributed by atoms with E-state index in [0.717, 1.165) is 61.6 Å². The maximum Gasteiger partial charge on any atom is 0.251 e. The van der Waals surface area contributed by atoms with E-state index in [2.05, 4.69) is 52.9 Å². The summed E-state index contributed by atoms with van der Waals surface area (Å²) in [7, 11) is 1.94. The molecule has 3 N–H and O–H groups in total. The molecule has 0 spiro atoms. The summed E-state index contributed by atoms with van der Waals surface area (Å²) in [4.78, 5) is 17.2. The lowest BCUT2D eigenvalue weighted by molar-refractivity contribution is -0.128. The molecule has 148 valence electrons. The number of hydrogen-bond donors (Lipinski definition) is 3. The summed E-state index contributed by atoms with van der Waals surface area (Å²) in [5.41, 5.74) is 3.15. The van der Waals surface area contributed by atoms with Crippen LogP contribution in [0, 0.1) is 0 Å². The number of nitrogens with one attached hydrogen (secondary N) is 3. The predicted molar refractivity (Wildman–Crippen MR) is 109 cm³/mol. The molecule has 0 saturated carbocycles. The predicted octanol–water partition coefficient (Wildman–Crippen LogP) is 2.02. The van der Waals surface area contributed by atoms with Crippen molar-refractivity contribution in [2.75, 3.05) is 33.2 Å². The van der Waals surface area contributed by atoms with Gasteiger partial charge in [0.2, 0.25) is 0 Å². The van der Waals surface area contributed by atoms with Gasteiger partial charge in [-0.15, -0.1) is 0 Å². The SMILES string of the molecule is CCCN(C1=CC(NC)NC=C1)C1=C(C)C=C(C(=O)N2CCCCC2)CN1. The van der Waals surface area contributed by atoms with Crippen molar-refractivity contribution in [2.24, 2.45) is 0 Å². The molecule has 1 atom stereocenters. The second-order valence-electron chi connectivity index (χ2n) is 7.42. The summed E-state index contributed by atoms with van der Waals surface area (Å²) in [6.07, 6.45) is 13.0. The first kappa shape index (κ1) is 19.5. The van der Waals surface area contributed by atoms with Gasteiger partial charge in [0.1, 0.15) is 5.82 Å². The Morgan fingerprint density at radius 1 is 1.33 bits per heavy atom. The van der Waals surface area contributed by atoms with Crippen molar-refractivity contribution in [3.8, 4) is 0 Å². The first-order valence-corrected chi connectivity index (χ1v) is 10.2. The second-order valence-corrected chi connectivity index (χ2v) is 7.42. The maximum absolute atomic E-state index is 12.8. The third-order valence-electron chi connectivity index (χ3n) is 5.34. The van der Waals surface area contributed by atoms with Crippen molar-refractivity contribution >= 4 is 5.91 Å². The van der Waals surface area contributed by atoms with Crippen molar-refractivity contribution in [1.82, 2.24) is 25.8 Å². The van der Waals surface area contributed by atoms with Gasteiger partial charge in [-0.05, 0) is 69.7 Å². The number of carbonyl (C=O) groups is 1. The van der Waals surface area contributed by atoms with Crippen LogP contribution in [0.1, 0.15) is 39.5 Å². The Morgan fingerprint density at radius 3 is 2.78 bits per heavy atom. The molecule has 0 aliphatic carbocycles. The van der Waals surface area contributed by atoms with E-state index >= 15 is 0 Å². The smallest absolute Gasteiger partial charge is 0.251 e. The van der Waals surface area contributed by atoms with Crippen LogP contribution in [0.25, 0.3) is 0 Å². The number of rotatable bonds is 6. The lowest BCUT2D eigenvalue weighted by Crippen LogP contribution is -2.43. The van der Waals surface area contributed by atoms with E-state index < -0.39 is 0 Å². The van der Waals surface area contributed by atoms with Crippen molar-refractivity contribution in [2.45, 2.75) is 45.7 Å². The number of piperidine rings is 1. The minimum atomic E-state index is 0.126. The van der Waals surface area contributed by atoms with E-state index in [-0.39, 0.29) is 12.1 Å². The minimum absolute atomic E-state index is 0.126. The third-order valence-corrected chi connectivity index (χ3v) is 5.34. The van der Waals surface area contributed by atoms with E-state index in [4.69, 9.17) is 0 Å². The van der Waals surface area contributed by atoms with Crippen LogP contribution in [-0.2, 0) is 4.79 Å². The highest BCUT2D eigenvalue weighted by Crippen LogP contribution is 2.23. The highest BCUT2D eigenvalue weighted by molar-refractivity contribution is 5.94. The maximum atomic E-state index is 12.8. The van der Waals surface area contributed by atoms with Crippen molar-refractivity contribution < 1.29 is 4.79 Å². The summed E-state index contributed by atoms with van der Waals surface area (Å²) in [5, 5.41) is 10.0. The zero-order chi connectivity index (χ0) is 19.2. The molecular weight excluding hydrogens is 338 g/mol. The Labute approximate surface area is 163 Å². The van der Waals surface area contributed by atoms with Crippen LogP contribution in [-0.4, -0.2) is 55.1 Å². The second kappa shape index (κ2) is 9.13. The van der Waals surface area contributed by atoms with Gasteiger partial charge in [0, 0.05) is 37.4 Å². The largest absolute Gasteiger partial charge is 0.372 e. The molecule has 1 amide bonds. The lowest BCUT2D eigenvalue weighted by Gasteiger charge is -2.35.